The van der Waals surface area contributed by atoms with Crippen molar-refractivity contribution < 1.29 is 0 Å². The molecule has 19 heavy (non-hydrogen) atoms. The molecule has 0 aromatic heterocycles. The first-order chi connectivity index (χ1) is 9.17. The number of rotatable bonds is 3. The molecule has 0 atom stereocenters. The van der Waals surface area contributed by atoms with Crippen molar-refractivity contribution in [3.8, 4) is 0 Å². The van der Waals surface area contributed by atoms with Crippen molar-refractivity contribution in [2.75, 3.05) is 18.3 Å². The number of hydrogen-bond donors (Lipinski definition) is 0. The molecule has 0 bridgehead atoms. The minimum absolute atomic E-state index is 1.13. The summed E-state index contributed by atoms with van der Waals surface area (Å²) in [5.74, 6) is 2.37. The lowest BCUT2D eigenvalue weighted by Crippen LogP contribution is -1.88. The lowest BCUT2D eigenvalue weighted by molar-refractivity contribution is 1.25. The minimum atomic E-state index is 1.13. The molecule has 1 aromatic carbocycles. The maximum atomic E-state index is 2.21. The lowest BCUT2D eigenvalue weighted by atomic mass is 10.1. The van der Waals surface area contributed by atoms with E-state index in [0.29, 0.717) is 0 Å². The third-order valence-corrected chi connectivity index (χ3v) is 3.48. The van der Waals surface area contributed by atoms with Crippen LogP contribution in [0.3, 0.4) is 0 Å². The molecule has 0 aliphatic heterocycles. The van der Waals surface area contributed by atoms with E-state index < -0.39 is 0 Å². The van der Waals surface area contributed by atoms with Crippen molar-refractivity contribution in [2.24, 2.45) is 0 Å². The molecular formula is C17H34S2. The SMILES string of the molecule is CC.CC.CCSC.CSCc1cccc(C)c1C. The highest BCUT2D eigenvalue weighted by atomic mass is 32.2. The van der Waals surface area contributed by atoms with E-state index >= 15 is 0 Å². The standard InChI is InChI=1S/C10H14S.C3H8S.2C2H6/c1-8-5-4-6-10(7-11-3)9(8)2;1-3-4-2;2*1-2/h4-6H,7H2,1-3H3;3H2,1-2H3;2*1-2H3. The van der Waals surface area contributed by atoms with Crippen molar-refractivity contribution in [1.29, 1.82) is 0 Å². The van der Waals surface area contributed by atoms with Gasteiger partial charge in [-0.15, -0.1) is 0 Å². The van der Waals surface area contributed by atoms with E-state index in [4.69, 9.17) is 0 Å². The Hall–Kier alpha value is -0.0800. The Morgan fingerprint density at radius 2 is 1.37 bits per heavy atom. The zero-order valence-electron chi connectivity index (χ0n) is 14.5. The summed E-state index contributed by atoms with van der Waals surface area (Å²) in [6.07, 6.45) is 4.24. The van der Waals surface area contributed by atoms with Crippen molar-refractivity contribution in [3.63, 3.8) is 0 Å². The van der Waals surface area contributed by atoms with Gasteiger partial charge >= 0.3 is 0 Å². The minimum Gasteiger partial charge on any atom is -0.166 e. The summed E-state index contributed by atoms with van der Waals surface area (Å²) in [6.45, 7) is 14.5. The summed E-state index contributed by atoms with van der Waals surface area (Å²) >= 11 is 3.73. The third kappa shape index (κ3) is 14.1. The fraction of sp³-hybridized carbons (Fsp3) is 0.647. The summed E-state index contributed by atoms with van der Waals surface area (Å²) in [7, 11) is 0. The first-order valence-electron chi connectivity index (χ1n) is 7.20. The first-order valence-corrected chi connectivity index (χ1v) is 9.99. The summed E-state index contributed by atoms with van der Waals surface area (Å²) in [5, 5.41) is 0. The van der Waals surface area contributed by atoms with Gasteiger partial charge in [0.15, 0.2) is 0 Å². The molecular weight excluding hydrogens is 268 g/mol. The van der Waals surface area contributed by atoms with Gasteiger partial charge in [-0.2, -0.15) is 23.5 Å². The average Bonchev–Trinajstić information content (AvgIpc) is 2.48. The molecule has 0 nitrogen and oxygen atoms in total. The fourth-order valence-corrected chi connectivity index (χ4v) is 1.75. The van der Waals surface area contributed by atoms with Crippen LogP contribution in [0.5, 0.6) is 0 Å². The van der Waals surface area contributed by atoms with Crippen LogP contribution in [0.2, 0.25) is 0 Å². The molecule has 0 saturated heterocycles. The second-order valence-corrected chi connectivity index (χ2v) is 5.39. The molecule has 0 aliphatic carbocycles. The molecule has 0 saturated carbocycles. The van der Waals surface area contributed by atoms with Crippen LogP contribution in [0.1, 0.15) is 51.3 Å². The van der Waals surface area contributed by atoms with E-state index in [1.165, 1.54) is 22.4 Å². The molecule has 0 heterocycles. The van der Waals surface area contributed by atoms with Gasteiger partial charge in [-0.25, -0.2) is 0 Å². The molecule has 1 aromatic rings. The molecule has 2 heteroatoms. The van der Waals surface area contributed by atoms with Gasteiger partial charge in [0.1, 0.15) is 0 Å². The monoisotopic (exact) mass is 302 g/mol. The van der Waals surface area contributed by atoms with Gasteiger partial charge in [-0.1, -0.05) is 52.8 Å². The highest BCUT2D eigenvalue weighted by Gasteiger charge is 1.97. The predicted molar refractivity (Wildman–Crippen MR) is 99.9 cm³/mol. The van der Waals surface area contributed by atoms with Crippen molar-refractivity contribution in [3.05, 3.63) is 34.9 Å². The van der Waals surface area contributed by atoms with Crippen LogP contribution in [0.15, 0.2) is 18.2 Å². The van der Waals surface area contributed by atoms with E-state index in [2.05, 4.69) is 51.5 Å². The Labute approximate surface area is 131 Å². The van der Waals surface area contributed by atoms with Crippen molar-refractivity contribution in [1.82, 2.24) is 0 Å². The second-order valence-electron chi connectivity index (χ2n) is 3.37. The smallest absolute Gasteiger partial charge is 0.0184 e. The topological polar surface area (TPSA) is 0 Å². The zero-order valence-corrected chi connectivity index (χ0v) is 16.1. The highest BCUT2D eigenvalue weighted by Crippen LogP contribution is 2.16. The Morgan fingerprint density at radius 3 is 1.74 bits per heavy atom. The lowest BCUT2D eigenvalue weighted by Gasteiger charge is -2.05. The van der Waals surface area contributed by atoms with Gasteiger partial charge in [0.25, 0.3) is 0 Å². The summed E-state index contributed by atoms with van der Waals surface area (Å²) < 4.78 is 0. The quantitative estimate of drug-likeness (QED) is 0.618. The third-order valence-electron chi connectivity index (χ3n) is 2.31. The molecule has 0 radical (unpaired) electrons. The van der Waals surface area contributed by atoms with Crippen LogP contribution in [-0.4, -0.2) is 18.3 Å². The maximum Gasteiger partial charge on any atom is 0.0184 e. The zero-order chi connectivity index (χ0) is 15.7. The number of benzene rings is 1. The van der Waals surface area contributed by atoms with Crippen molar-refractivity contribution in [2.45, 2.75) is 54.2 Å². The fourth-order valence-electron chi connectivity index (χ4n) is 1.12. The van der Waals surface area contributed by atoms with Crippen LogP contribution >= 0.6 is 23.5 Å². The molecule has 0 N–H and O–H groups in total. The van der Waals surface area contributed by atoms with Crippen LogP contribution in [-0.2, 0) is 5.75 Å². The summed E-state index contributed by atoms with van der Waals surface area (Å²) in [6, 6.07) is 6.51. The Morgan fingerprint density at radius 1 is 0.895 bits per heavy atom. The normalized spacial score (nSPS) is 8.05. The molecule has 0 aliphatic rings. The van der Waals surface area contributed by atoms with Gasteiger partial charge in [0.2, 0.25) is 0 Å². The van der Waals surface area contributed by atoms with Gasteiger partial charge in [-0.3, -0.25) is 0 Å². The average molecular weight is 303 g/mol. The number of thioether (sulfide) groups is 2. The molecule has 0 spiro atoms. The van der Waals surface area contributed by atoms with Crippen LogP contribution in [0.4, 0.5) is 0 Å². The molecule has 1 rings (SSSR count). The molecule has 114 valence electrons. The van der Waals surface area contributed by atoms with E-state index in [1.807, 2.05) is 51.2 Å². The molecule has 0 amide bonds. The molecule has 0 fully saturated rings. The van der Waals surface area contributed by atoms with Crippen LogP contribution < -0.4 is 0 Å². The molecule has 0 unspecified atom stereocenters. The Kier molecular flexibility index (Phi) is 25.5. The maximum absolute atomic E-state index is 2.21. The number of hydrogen-bond acceptors (Lipinski definition) is 2. The van der Waals surface area contributed by atoms with E-state index in [0.717, 1.165) is 5.75 Å². The summed E-state index contributed by atoms with van der Waals surface area (Å²) in [4.78, 5) is 0. The van der Waals surface area contributed by atoms with E-state index in [-0.39, 0.29) is 0 Å². The second kappa shape index (κ2) is 20.2. The van der Waals surface area contributed by atoms with E-state index in [1.54, 1.807) is 0 Å². The van der Waals surface area contributed by atoms with Gasteiger partial charge in [-0.05, 0) is 48.8 Å². The van der Waals surface area contributed by atoms with Gasteiger partial charge in [0, 0.05) is 5.75 Å². The van der Waals surface area contributed by atoms with Crippen molar-refractivity contribution >= 4 is 23.5 Å². The largest absolute Gasteiger partial charge is 0.166 e. The Bertz CT molecular complexity index is 268. The first kappa shape index (κ1) is 24.0. The van der Waals surface area contributed by atoms with Crippen LogP contribution in [0.25, 0.3) is 0 Å². The van der Waals surface area contributed by atoms with E-state index in [9.17, 15) is 0 Å². The van der Waals surface area contributed by atoms with Crippen LogP contribution in [0, 0.1) is 13.8 Å². The van der Waals surface area contributed by atoms with Gasteiger partial charge < -0.3 is 0 Å². The Balaban J connectivity index is -0.000000271. The van der Waals surface area contributed by atoms with Gasteiger partial charge in [0.05, 0.1) is 0 Å². The number of aryl methyl sites for hydroxylation is 1. The highest BCUT2D eigenvalue weighted by molar-refractivity contribution is 7.98. The summed E-state index contributed by atoms with van der Waals surface area (Å²) in [5.41, 5.74) is 4.32. The predicted octanol–water partition coefficient (Wildman–Crippen LogP) is 6.59.